The van der Waals surface area contributed by atoms with E-state index in [0.717, 1.165) is 20.8 Å². The number of hydrogen-bond acceptors (Lipinski definition) is 4. The van der Waals surface area contributed by atoms with Crippen LogP contribution >= 0.6 is 11.8 Å². The van der Waals surface area contributed by atoms with Gasteiger partial charge in [0.25, 0.3) is 5.91 Å². The number of amides is 1. The van der Waals surface area contributed by atoms with Crippen molar-refractivity contribution in [1.29, 1.82) is 0 Å². The first kappa shape index (κ1) is 21.8. The van der Waals surface area contributed by atoms with E-state index in [1.165, 1.54) is 5.56 Å². The molecule has 0 aliphatic carbocycles. The summed E-state index contributed by atoms with van der Waals surface area (Å²) in [5, 5.41) is 3.04. The molecule has 0 unspecified atom stereocenters. The molecule has 164 valence electrons. The van der Waals surface area contributed by atoms with Crippen molar-refractivity contribution in [1.82, 2.24) is 9.13 Å². The molecule has 0 saturated carbocycles. The van der Waals surface area contributed by atoms with Crippen molar-refractivity contribution in [3.63, 3.8) is 0 Å². The number of ether oxygens (including phenoxy) is 1. The highest BCUT2D eigenvalue weighted by molar-refractivity contribution is 7.99. The predicted octanol–water partition coefficient (Wildman–Crippen LogP) is 4.99. The van der Waals surface area contributed by atoms with Crippen molar-refractivity contribution in [2.75, 3.05) is 11.9 Å². The summed E-state index contributed by atoms with van der Waals surface area (Å²) < 4.78 is 8.82. The molecule has 32 heavy (non-hydrogen) atoms. The van der Waals surface area contributed by atoms with Crippen LogP contribution in [0.3, 0.4) is 0 Å². The fourth-order valence-electron chi connectivity index (χ4n) is 3.57. The van der Waals surface area contributed by atoms with Crippen LogP contribution in [-0.2, 0) is 14.1 Å². The van der Waals surface area contributed by atoms with E-state index in [2.05, 4.69) is 17.4 Å². The Morgan fingerprint density at radius 2 is 1.66 bits per heavy atom. The Hall–Kier alpha value is -3.45. The highest BCUT2D eigenvalue weighted by atomic mass is 32.2. The second kappa shape index (κ2) is 8.96. The van der Waals surface area contributed by atoms with Gasteiger partial charge in [-0.25, -0.2) is 4.79 Å². The van der Waals surface area contributed by atoms with Gasteiger partial charge in [-0.05, 0) is 50.2 Å². The molecule has 0 spiro atoms. The lowest BCUT2D eigenvalue weighted by atomic mass is 10.1. The van der Waals surface area contributed by atoms with Crippen LogP contribution in [0.25, 0.3) is 11.0 Å². The Morgan fingerprint density at radius 1 is 1.00 bits per heavy atom. The van der Waals surface area contributed by atoms with E-state index in [4.69, 9.17) is 4.74 Å². The number of rotatable bonds is 6. The predicted molar refractivity (Wildman–Crippen MR) is 129 cm³/mol. The van der Waals surface area contributed by atoms with Crippen LogP contribution in [0.2, 0.25) is 0 Å². The molecule has 0 atom stereocenters. The topological polar surface area (TPSA) is 65.3 Å². The number of nitrogens with one attached hydrogen (secondary N) is 1. The van der Waals surface area contributed by atoms with Gasteiger partial charge in [0.2, 0.25) is 0 Å². The van der Waals surface area contributed by atoms with Gasteiger partial charge in [0.05, 0.1) is 28.9 Å². The lowest BCUT2D eigenvalue weighted by Gasteiger charge is -2.14. The maximum atomic E-state index is 13.2. The number of nitrogens with zero attached hydrogens (tertiary/aromatic N) is 2. The molecular formula is C25H25N3O3S. The zero-order valence-electron chi connectivity index (χ0n) is 18.5. The number of aryl methyl sites for hydroxylation is 3. The van der Waals surface area contributed by atoms with Gasteiger partial charge in [0, 0.05) is 23.9 Å². The second-order valence-corrected chi connectivity index (χ2v) is 8.65. The SMILES string of the molecule is CCOc1ccccc1C(=O)Nc1cc2c(cc1Sc1ccc(C)cc1)n(C)c(=O)n2C. The Morgan fingerprint density at radius 3 is 2.34 bits per heavy atom. The lowest BCUT2D eigenvalue weighted by Crippen LogP contribution is -2.19. The van der Waals surface area contributed by atoms with E-state index in [-0.39, 0.29) is 11.6 Å². The van der Waals surface area contributed by atoms with Crippen molar-refractivity contribution in [3.05, 3.63) is 82.3 Å². The van der Waals surface area contributed by atoms with Crippen LogP contribution in [0.1, 0.15) is 22.8 Å². The molecule has 7 heteroatoms. The number of aromatic nitrogens is 2. The fraction of sp³-hybridized carbons (Fsp3) is 0.200. The summed E-state index contributed by atoms with van der Waals surface area (Å²) in [5.41, 5.74) is 3.72. The number of hydrogen-bond donors (Lipinski definition) is 1. The maximum absolute atomic E-state index is 13.2. The monoisotopic (exact) mass is 447 g/mol. The zero-order chi connectivity index (χ0) is 22.8. The smallest absolute Gasteiger partial charge is 0.328 e. The zero-order valence-corrected chi connectivity index (χ0v) is 19.3. The Bertz CT molecular complexity index is 1350. The highest BCUT2D eigenvalue weighted by Crippen LogP contribution is 2.37. The quantitative estimate of drug-likeness (QED) is 0.452. The van der Waals surface area contributed by atoms with Gasteiger partial charge in [0.15, 0.2) is 0 Å². The average Bonchev–Trinajstić information content (AvgIpc) is 2.99. The third-order valence-electron chi connectivity index (χ3n) is 5.30. The minimum absolute atomic E-state index is 0.114. The largest absolute Gasteiger partial charge is 0.493 e. The molecule has 0 saturated heterocycles. The summed E-state index contributed by atoms with van der Waals surface area (Å²) >= 11 is 1.54. The fourth-order valence-corrected chi connectivity index (χ4v) is 4.48. The normalized spacial score (nSPS) is 11.0. The molecule has 1 amide bonds. The molecule has 1 heterocycles. The number of benzene rings is 3. The molecule has 1 N–H and O–H groups in total. The number of para-hydroxylation sites is 1. The van der Waals surface area contributed by atoms with Crippen LogP contribution in [0.4, 0.5) is 5.69 Å². The van der Waals surface area contributed by atoms with E-state index in [1.807, 2.05) is 50.2 Å². The molecule has 0 aliphatic rings. The summed E-state index contributed by atoms with van der Waals surface area (Å²) in [4.78, 5) is 27.6. The van der Waals surface area contributed by atoms with E-state index < -0.39 is 0 Å². The first-order valence-corrected chi connectivity index (χ1v) is 11.2. The number of anilines is 1. The number of carbonyl (C=O) groups excluding carboxylic acids is 1. The van der Waals surface area contributed by atoms with Gasteiger partial charge in [-0.1, -0.05) is 41.6 Å². The van der Waals surface area contributed by atoms with Crippen LogP contribution in [0.15, 0.2) is 75.2 Å². The first-order chi connectivity index (χ1) is 15.4. The maximum Gasteiger partial charge on any atom is 0.328 e. The molecule has 3 aromatic carbocycles. The Labute approximate surface area is 190 Å². The summed E-state index contributed by atoms with van der Waals surface area (Å²) in [6.45, 7) is 4.40. The van der Waals surface area contributed by atoms with Crippen molar-refractivity contribution in [3.8, 4) is 5.75 Å². The van der Waals surface area contributed by atoms with Crippen molar-refractivity contribution in [2.24, 2.45) is 14.1 Å². The minimum Gasteiger partial charge on any atom is -0.493 e. The van der Waals surface area contributed by atoms with Crippen molar-refractivity contribution in [2.45, 2.75) is 23.6 Å². The third-order valence-corrected chi connectivity index (χ3v) is 6.37. The summed E-state index contributed by atoms with van der Waals surface area (Å²) in [5.74, 6) is 0.272. The lowest BCUT2D eigenvalue weighted by molar-refractivity contribution is 0.102. The van der Waals surface area contributed by atoms with Crippen LogP contribution < -0.4 is 15.7 Å². The van der Waals surface area contributed by atoms with Crippen LogP contribution in [0.5, 0.6) is 5.75 Å². The van der Waals surface area contributed by atoms with E-state index in [9.17, 15) is 9.59 Å². The number of imidazole rings is 1. The summed E-state index contributed by atoms with van der Waals surface area (Å²) in [7, 11) is 3.48. The second-order valence-electron chi connectivity index (χ2n) is 7.54. The molecule has 0 aliphatic heterocycles. The first-order valence-electron chi connectivity index (χ1n) is 10.4. The highest BCUT2D eigenvalue weighted by Gasteiger charge is 2.18. The van der Waals surface area contributed by atoms with Gasteiger partial charge in [-0.15, -0.1) is 0 Å². The van der Waals surface area contributed by atoms with Gasteiger partial charge in [0.1, 0.15) is 5.75 Å². The van der Waals surface area contributed by atoms with Gasteiger partial charge in [-0.3, -0.25) is 13.9 Å². The Balaban J connectivity index is 1.79. The van der Waals surface area contributed by atoms with E-state index in [1.54, 1.807) is 47.1 Å². The van der Waals surface area contributed by atoms with Gasteiger partial charge >= 0.3 is 5.69 Å². The summed E-state index contributed by atoms with van der Waals surface area (Å²) in [6.07, 6.45) is 0. The molecule has 4 rings (SSSR count). The molecule has 4 aromatic rings. The average molecular weight is 448 g/mol. The van der Waals surface area contributed by atoms with Gasteiger partial charge in [-0.2, -0.15) is 0 Å². The molecule has 0 bridgehead atoms. The molecule has 0 fully saturated rings. The molecular weight excluding hydrogens is 422 g/mol. The molecule has 6 nitrogen and oxygen atoms in total. The van der Waals surface area contributed by atoms with Crippen LogP contribution in [0, 0.1) is 6.92 Å². The summed E-state index contributed by atoms with van der Waals surface area (Å²) in [6, 6.07) is 19.2. The number of carbonyl (C=O) groups is 1. The van der Waals surface area contributed by atoms with Crippen molar-refractivity contribution < 1.29 is 9.53 Å². The third kappa shape index (κ3) is 4.16. The standard InChI is InChI=1S/C25H25N3O3S/c1-5-31-22-9-7-6-8-18(22)24(29)26-19-14-20-21(28(4)25(30)27(20)3)15-23(19)32-17-12-10-16(2)11-13-17/h6-15H,5H2,1-4H3,(H,26,29). The van der Waals surface area contributed by atoms with Crippen LogP contribution in [-0.4, -0.2) is 21.6 Å². The molecule has 1 aromatic heterocycles. The van der Waals surface area contributed by atoms with E-state index in [0.29, 0.717) is 23.6 Å². The van der Waals surface area contributed by atoms with E-state index >= 15 is 0 Å². The Kier molecular flexibility index (Phi) is 6.10. The molecule has 0 radical (unpaired) electrons. The van der Waals surface area contributed by atoms with Crippen molar-refractivity contribution >= 4 is 34.4 Å². The van der Waals surface area contributed by atoms with Gasteiger partial charge < -0.3 is 10.1 Å². The minimum atomic E-state index is -0.264. The number of fused-ring (bicyclic) bond motifs is 1.